The Bertz CT molecular complexity index is 995. The van der Waals surface area contributed by atoms with Crippen LogP contribution in [0.3, 0.4) is 0 Å². The minimum atomic E-state index is -0.496. The number of carbonyl (C=O) groups excluding carboxylic acids is 1. The number of methoxy groups -OCH3 is 1. The first-order chi connectivity index (χ1) is 13.5. The topological polar surface area (TPSA) is 54.5 Å². The van der Waals surface area contributed by atoms with Gasteiger partial charge in [-0.2, -0.15) is 0 Å². The Morgan fingerprint density at radius 2 is 1.89 bits per heavy atom. The predicted octanol–water partition coefficient (Wildman–Crippen LogP) is 4.38. The average molecular weight is 383 g/mol. The summed E-state index contributed by atoms with van der Waals surface area (Å²) in [4.78, 5) is 18.5. The molecule has 0 aliphatic rings. The number of rotatable bonds is 6. The van der Waals surface area contributed by atoms with Crippen molar-refractivity contribution in [2.75, 3.05) is 19.5 Å². The number of nitrogens with one attached hydrogen (secondary N) is 1. The maximum Gasteiger partial charge on any atom is 0.257 e. The maximum atomic E-state index is 13.9. The third-order valence-electron chi connectivity index (χ3n) is 4.15. The van der Waals surface area contributed by atoms with Crippen LogP contribution in [-0.4, -0.2) is 29.9 Å². The van der Waals surface area contributed by atoms with E-state index in [1.54, 1.807) is 43.4 Å². The van der Waals surface area contributed by atoms with Gasteiger partial charge in [0.15, 0.2) is 11.6 Å². The number of benzene rings is 2. The van der Waals surface area contributed by atoms with Crippen LogP contribution in [0.15, 0.2) is 60.8 Å². The Hall–Kier alpha value is -3.48. The standard InChI is InChI=1S/C21H19F2N3O2/c1-26(13-14-9-10-19(28-2)17(23)12-14)21(27)15-6-5-11-24-20(15)25-18-8-4-3-7-16(18)22/h3-12H,13H2,1-2H3,(H,24,25). The molecule has 0 saturated heterocycles. The number of amides is 1. The van der Waals surface area contributed by atoms with E-state index in [0.29, 0.717) is 5.56 Å². The highest BCUT2D eigenvalue weighted by atomic mass is 19.1. The molecule has 0 fully saturated rings. The Morgan fingerprint density at radius 3 is 2.61 bits per heavy atom. The Morgan fingerprint density at radius 1 is 1.11 bits per heavy atom. The van der Waals surface area contributed by atoms with Gasteiger partial charge in [-0.1, -0.05) is 18.2 Å². The minimum Gasteiger partial charge on any atom is -0.494 e. The molecule has 0 aliphatic heterocycles. The van der Waals surface area contributed by atoms with E-state index < -0.39 is 11.6 Å². The van der Waals surface area contributed by atoms with Crippen molar-refractivity contribution in [2.24, 2.45) is 0 Å². The molecule has 0 unspecified atom stereocenters. The van der Waals surface area contributed by atoms with Gasteiger partial charge in [0.2, 0.25) is 0 Å². The lowest BCUT2D eigenvalue weighted by molar-refractivity contribution is 0.0785. The van der Waals surface area contributed by atoms with Crippen molar-refractivity contribution in [1.82, 2.24) is 9.88 Å². The molecule has 0 saturated carbocycles. The van der Waals surface area contributed by atoms with Crippen LogP contribution >= 0.6 is 0 Å². The molecule has 1 N–H and O–H groups in total. The molecule has 2 aromatic carbocycles. The van der Waals surface area contributed by atoms with Crippen LogP contribution in [0.5, 0.6) is 5.75 Å². The molecule has 0 bridgehead atoms. The zero-order valence-corrected chi connectivity index (χ0v) is 15.4. The number of pyridine rings is 1. The Balaban J connectivity index is 1.80. The summed E-state index contributed by atoms with van der Waals surface area (Å²) in [6, 6.07) is 13.9. The van der Waals surface area contributed by atoms with E-state index in [1.165, 1.54) is 36.4 Å². The molecule has 1 heterocycles. The van der Waals surface area contributed by atoms with Crippen molar-refractivity contribution in [2.45, 2.75) is 6.54 Å². The second kappa shape index (κ2) is 8.47. The third kappa shape index (κ3) is 4.25. The zero-order valence-electron chi connectivity index (χ0n) is 15.4. The molecule has 0 spiro atoms. The van der Waals surface area contributed by atoms with Gasteiger partial charge >= 0.3 is 0 Å². The summed E-state index contributed by atoms with van der Waals surface area (Å²) >= 11 is 0. The normalized spacial score (nSPS) is 10.4. The zero-order chi connectivity index (χ0) is 20.1. The number of carbonyl (C=O) groups is 1. The molecule has 28 heavy (non-hydrogen) atoms. The number of hydrogen-bond donors (Lipinski definition) is 1. The monoisotopic (exact) mass is 383 g/mol. The van der Waals surface area contributed by atoms with Crippen LogP contribution in [0.4, 0.5) is 20.3 Å². The fourth-order valence-corrected chi connectivity index (χ4v) is 2.73. The highest BCUT2D eigenvalue weighted by molar-refractivity contribution is 5.99. The summed E-state index contributed by atoms with van der Waals surface area (Å²) in [7, 11) is 2.99. The molecule has 5 nitrogen and oxygen atoms in total. The number of aromatic nitrogens is 1. The molecule has 3 rings (SSSR count). The molecule has 7 heteroatoms. The van der Waals surface area contributed by atoms with Crippen molar-refractivity contribution >= 4 is 17.4 Å². The summed E-state index contributed by atoms with van der Waals surface area (Å²) < 4.78 is 32.7. The van der Waals surface area contributed by atoms with Gasteiger partial charge in [-0.15, -0.1) is 0 Å². The summed E-state index contributed by atoms with van der Waals surface area (Å²) in [6.45, 7) is 0.188. The Kier molecular flexibility index (Phi) is 5.84. The molecule has 0 radical (unpaired) electrons. The Labute approximate surface area is 161 Å². The molecule has 0 aliphatic carbocycles. The molecule has 3 aromatic rings. The number of nitrogens with zero attached hydrogens (tertiary/aromatic N) is 2. The fourth-order valence-electron chi connectivity index (χ4n) is 2.73. The van der Waals surface area contributed by atoms with Gasteiger partial charge in [0.05, 0.1) is 18.4 Å². The van der Waals surface area contributed by atoms with Gasteiger partial charge in [-0.3, -0.25) is 4.79 Å². The summed E-state index contributed by atoms with van der Waals surface area (Å²) in [6.07, 6.45) is 1.51. The van der Waals surface area contributed by atoms with Crippen molar-refractivity contribution in [3.8, 4) is 5.75 Å². The first-order valence-electron chi connectivity index (χ1n) is 8.54. The number of ether oxygens (including phenoxy) is 1. The molecule has 0 atom stereocenters. The van der Waals surface area contributed by atoms with Crippen molar-refractivity contribution in [1.29, 1.82) is 0 Å². The van der Waals surface area contributed by atoms with Gasteiger partial charge in [0.25, 0.3) is 5.91 Å². The van der Waals surface area contributed by atoms with Crippen LogP contribution in [0.25, 0.3) is 0 Å². The number of halogens is 2. The first-order valence-corrected chi connectivity index (χ1v) is 8.54. The lowest BCUT2D eigenvalue weighted by Gasteiger charge is -2.19. The van der Waals surface area contributed by atoms with Crippen LogP contribution in [0.2, 0.25) is 0 Å². The van der Waals surface area contributed by atoms with Crippen molar-refractivity contribution < 1.29 is 18.3 Å². The molecular weight excluding hydrogens is 364 g/mol. The molecule has 144 valence electrons. The highest BCUT2D eigenvalue weighted by Gasteiger charge is 2.18. The molecule has 1 amide bonds. The lowest BCUT2D eigenvalue weighted by atomic mass is 10.1. The summed E-state index contributed by atoms with van der Waals surface area (Å²) in [5.41, 5.74) is 1.11. The van der Waals surface area contributed by atoms with Gasteiger partial charge in [0, 0.05) is 19.8 Å². The predicted molar refractivity (Wildman–Crippen MR) is 103 cm³/mol. The molecular formula is C21H19F2N3O2. The van der Waals surface area contributed by atoms with E-state index in [-0.39, 0.29) is 35.3 Å². The van der Waals surface area contributed by atoms with E-state index in [9.17, 15) is 13.6 Å². The van der Waals surface area contributed by atoms with E-state index in [1.807, 2.05) is 0 Å². The van der Waals surface area contributed by atoms with E-state index >= 15 is 0 Å². The minimum absolute atomic E-state index is 0.140. The van der Waals surface area contributed by atoms with E-state index in [4.69, 9.17) is 4.74 Å². The van der Waals surface area contributed by atoms with Gasteiger partial charge in [-0.05, 0) is 42.0 Å². The second-order valence-corrected chi connectivity index (χ2v) is 6.13. The maximum absolute atomic E-state index is 13.9. The van der Waals surface area contributed by atoms with Gasteiger partial charge in [0.1, 0.15) is 11.6 Å². The van der Waals surface area contributed by atoms with Gasteiger partial charge in [-0.25, -0.2) is 13.8 Å². The highest BCUT2D eigenvalue weighted by Crippen LogP contribution is 2.23. The van der Waals surface area contributed by atoms with E-state index in [0.717, 1.165) is 0 Å². The van der Waals surface area contributed by atoms with Gasteiger partial charge < -0.3 is 15.0 Å². The third-order valence-corrected chi connectivity index (χ3v) is 4.15. The second-order valence-electron chi connectivity index (χ2n) is 6.13. The SMILES string of the molecule is COc1ccc(CN(C)C(=O)c2cccnc2Nc2ccccc2F)cc1F. The number of hydrogen-bond acceptors (Lipinski definition) is 4. The van der Waals surface area contributed by atoms with E-state index in [2.05, 4.69) is 10.3 Å². The largest absolute Gasteiger partial charge is 0.494 e. The van der Waals surface area contributed by atoms with Crippen molar-refractivity contribution in [3.63, 3.8) is 0 Å². The summed E-state index contributed by atoms with van der Waals surface area (Å²) in [5.74, 6) is -0.896. The smallest absolute Gasteiger partial charge is 0.257 e. The van der Waals surface area contributed by atoms with Crippen LogP contribution in [-0.2, 0) is 6.54 Å². The quantitative estimate of drug-likeness (QED) is 0.686. The number of anilines is 2. The van der Waals surface area contributed by atoms with Crippen LogP contribution < -0.4 is 10.1 Å². The van der Waals surface area contributed by atoms with Crippen molar-refractivity contribution in [3.05, 3.63) is 83.6 Å². The lowest BCUT2D eigenvalue weighted by Crippen LogP contribution is -2.27. The average Bonchev–Trinajstić information content (AvgIpc) is 2.70. The van der Waals surface area contributed by atoms with Crippen LogP contribution in [0.1, 0.15) is 15.9 Å². The molecule has 1 aromatic heterocycles. The summed E-state index contributed by atoms with van der Waals surface area (Å²) in [5, 5.41) is 2.85. The number of para-hydroxylation sites is 1. The fraction of sp³-hybridized carbons (Fsp3) is 0.143. The van der Waals surface area contributed by atoms with Crippen LogP contribution in [0, 0.1) is 11.6 Å². The first kappa shape index (κ1) is 19.3.